The normalized spacial score (nSPS) is 18.1. The standard InChI is InChI=1S/C21H22N2O4/c24-21(22-17-8-10-18(11-9-17)23(25)26)27-20-7-3-6-16-12-14-4-1-2-5-15(14)13-19(16)20/h8-13,20H,1-7H2,(H,22,24). The van der Waals surface area contributed by atoms with Crippen LogP contribution in [-0.2, 0) is 24.0 Å². The lowest BCUT2D eigenvalue weighted by Crippen LogP contribution is -2.21. The van der Waals surface area contributed by atoms with Crippen LogP contribution in [0.25, 0.3) is 0 Å². The minimum Gasteiger partial charge on any atom is -0.441 e. The Labute approximate surface area is 157 Å². The van der Waals surface area contributed by atoms with Crippen molar-refractivity contribution >= 4 is 17.5 Å². The van der Waals surface area contributed by atoms with Gasteiger partial charge in [-0.15, -0.1) is 0 Å². The summed E-state index contributed by atoms with van der Waals surface area (Å²) in [6.07, 6.45) is 6.81. The molecule has 1 amide bonds. The van der Waals surface area contributed by atoms with Gasteiger partial charge in [0.05, 0.1) is 4.92 Å². The number of carbonyl (C=O) groups excluding carboxylic acids is 1. The molecule has 6 heteroatoms. The second kappa shape index (κ2) is 7.39. The number of non-ortho nitro benzene ring substituents is 1. The molecule has 0 heterocycles. The molecule has 6 nitrogen and oxygen atoms in total. The van der Waals surface area contributed by atoms with Gasteiger partial charge in [0.15, 0.2) is 0 Å². The van der Waals surface area contributed by atoms with E-state index in [1.54, 1.807) is 0 Å². The number of nitro groups is 1. The Kier molecular flexibility index (Phi) is 4.79. The summed E-state index contributed by atoms with van der Waals surface area (Å²) in [5.41, 5.74) is 5.75. The summed E-state index contributed by atoms with van der Waals surface area (Å²) in [7, 11) is 0. The van der Waals surface area contributed by atoms with Gasteiger partial charge in [-0.2, -0.15) is 0 Å². The van der Waals surface area contributed by atoms with E-state index < -0.39 is 11.0 Å². The summed E-state index contributed by atoms with van der Waals surface area (Å²) in [6, 6.07) is 10.3. The van der Waals surface area contributed by atoms with Crippen LogP contribution in [-0.4, -0.2) is 11.0 Å². The zero-order valence-electron chi connectivity index (χ0n) is 15.1. The molecule has 0 saturated carbocycles. The molecule has 1 unspecified atom stereocenters. The number of nitro benzene ring substituents is 1. The van der Waals surface area contributed by atoms with Crippen LogP contribution >= 0.6 is 0 Å². The zero-order chi connectivity index (χ0) is 18.8. The number of benzene rings is 2. The SMILES string of the molecule is O=C(Nc1ccc([N+](=O)[O-])cc1)OC1CCCc2cc3c(cc21)CCCC3. The highest BCUT2D eigenvalue weighted by Crippen LogP contribution is 2.36. The van der Waals surface area contributed by atoms with Crippen LogP contribution in [0, 0.1) is 10.1 Å². The first-order valence-electron chi connectivity index (χ1n) is 9.47. The van der Waals surface area contributed by atoms with E-state index in [2.05, 4.69) is 17.4 Å². The van der Waals surface area contributed by atoms with Crippen LogP contribution in [0.1, 0.15) is 54.0 Å². The fraction of sp³-hybridized carbons (Fsp3) is 0.381. The monoisotopic (exact) mass is 366 g/mol. The predicted octanol–water partition coefficient (Wildman–Crippen LogP) is 5.10. The summed E-state index contributed by atoms with van der Waals surface area (Å²) in [5, 5.41) is 13.4. The number of rotatable bonds is 3. The average molecular weight is 366 g/mol. The van der Waals surface area contributed by atoms with E-state index in [0.717, 1.165) is 37.7 Å². The maximum atomic E-state index is 12.3. The molecule has 140 valence electrons. The van der Waals surface area contributed by atoms with Gasteiger partial charge in [0.1, 0.15) is 6.10 Å². The molecular formula is C21H22N2O4. The van der Waals surface area contributed by atoms with Crippen molar-refractivity contribution in [2.75, 3.05) is 5.32 Å². The van der Waals surface area contributed by atoms with Gasteiger partial charge in [-0.25, -0.2) is 4.79 Å². The van der Waals surface area contributed by atoms with E-state index in [4.69, 9.17) is 4.74 Å². The van der Waals surface area contributed by atoms with Crippen molar-refractivity contribution in [2.45, 2.75) is 51.0 Å². The third-order valence-corrected chi connectivity index (χ3v) is 5.44. The molecule has 0 fully saturated rings. The average Bonchev–Trinajstić information content (AvgIpc) is 2.67. The number of aryl methyl sites for hydroxylation is 3. The van der Waals surface area contributed by atoms with Gasteiger partial charge >= 0.3 is 6.09 Å². The van der Waals surface area contributed by atoms with Crippen molar-refractivity contribution in [1.82, 2.24) is 0 Å². The quantitative estimate of drug-likeness (QED) is 0.605. The van der Waals surface area contributed by atoms with Crippen LogP contribution in [0.2, 0.25) is 0 Å². The zero-order valence-corrected chi connectivity index (χ0v) is 15.1. The minimum absolute atomic E-state index is 0.0140. The van der Waals surface area contributed by atoms with E-state index in [1.807, 2.05) is 0 Å². The van der Waals surface area contributed by atoms with E-state index in [0.29, 0.717) is 5.69 Å². The molecule has 0 aromatic heterocycles. The van der Waals surface area contributed by atoms with Crippen molar-refractivity contribution in [1.29, 1.82) is 0 Å². The molecule has 2 aliphatic rings. The van der Waals surface area contributed by atoms with Crippen molar-refractivity contribution in [2.24, 2.45) is 0 Å². The second-order valence-corrected chi connectivity index (χ2v) is 7.24. The topological polar surface area (TPSA) is 81.5 Å². The molecule has 2 aliphatic carbocycles. The fourth-order valence-corrected chi connectivity index (χ4v) is 4.07. The Morgan fingerprint density at radius 3 is 2.37 bits per heavy atom. The third kappa shape index (κ3) is 3.79. The molecule has 0 aliphatic heterocycles. The Balaban J connectivity index is 1.47. The Morgan fingerprint density at radius 2 is 1.67 bits per heavy atom. The smallest absolute Gasteiger partial charge is 0.412 e. The predicted molar refractivity (Wildman–Crippen MR) is 102 cm³/mol. The number of anilines is 1. The van der Waals surface area contributed by atoms with Gasteiger partial charge in [-0.1, -0.05) is 12.1 Å². The molecule has 1 atom stereocenters. The number of carbonyl (C=O) groups is 1. The molecule has 0 spiro atoms. The van der Waals surface area contributed by atoms with E-state index in [9.17, 15) is 14.9 Å². The third-order valence-electron chi connectivity index (χ3n) is 5.44. The molecule has 2 aromatic rings. The first-order chi connectivity index (χ1) is 13.1. The molecule has 0 saturated heterocycles. The largest absolute Gasteiger partial charge is 0.441 e. The van der Waals surface area contributed by atoms with Crippen molar-refractivity contribution in [3.63, 3.8) is 0 Å². The number of hydrogen-bond donors (Lipinski definition) is 1. The van der Waals surface area contributed by atoms with Crippen LogP contribution in [0.15, 0.2) is 36.4 Å². The summed E-state index contributed by atoms with van der Waals surface area (Å²) in [6.45, 7) is 0. The first-order valence-corrected chi connectivity index (χ1v) is 9.47. The lowest BCUT2D eigenvalue weighted by Gasteiger charge is -2.28. The number of fused-ring (bicyclic) bond motifs is 2. The van der Waals surface area contributed by atoms with E-state index >= 15 is 0 Å². The van der Waals surface area contributed by atoms with Crippen molar-refractivity contribution in [3.8, 4) is 0 Å². The molecule has 4 rings (SSSR count). The van der Waals surface area contributed by atoms with Gasteiger partial charge in [0.2, 0.25) is 0 Å². The van der Waals surface area contributed by atoms with Crippen LogP contribution in [0.4, 0.5) is 16.2 Å². The van der Waals surface area contributed by atoms with E-state index in [1.165, 1.54) is 53.8 Å². The van der Waals surface area contributed by atoms with Gasteiger partial charge in [0.25, 0.3) is 5.69 Å². The number of amides is 1. The van der Waals surface area contributed by atoms with Gasteiger partial charge in [-0.3, -0.25) is 15.4 Å². The summed E-state index contributed by atoms with van der Waals surface area (Å²) in [5.74, 6) is 0. The number of nitrogens with zero attached hydrogens (tertiary/aromatic N) is 1. The highest BCUT2D eigenvalue weighted by Gasteiger charge is 2.26. The first kappa shape index (κ1) is 17.5. The van der Waals surface area contributed by atoms with Gasteiger partial charge < -0.3 is 4.74 Å². The number of ether oxygens (including phenoxy) is 1. The number of nitrogens with one attached hydrogen (secondary N) is 1. The highest BCUT2D eigenvalue weighted by molar-refractivity contribution is 5.85. The van der Waals surface area contributed by atoms with Crippen LogP contribution in [0.3, 0.4) is 0 Å². The van der Waals surface area contributed by atoms with Crippen LogP contribution in [0.5, 0.6) is 0 Å². The molecule has 27 heavy (non-hydrogen) atoms. The van der Waals surface area contributed by atoms with Gasteiger partial charge in [0, 0.05) is 17.8 Å². The second-order valence-electron chi connectivity index (χ2n) is 7.24. The summed E-state index contributed by atoms with van der Waals surface area (Å²) < 4.78 is 5.71. The fourth-order valence-electron chi connectivity index (χ4n) is 4.07. The molecular weight excluding hydrogens is 344 g/mol. The Hall–Kier alpha value is -2.89. The Morgan fingerprint density at radius 1 is 1.00 bits per heavy atom. The van der Waals surface area contributed by atoms with E-state index in [-0.39, 0.29) is 11.8 Å². The highest BCUT2D eigenvalue weighted by atomic mass is 16.6. The molecule has 1 N–H and O–H groups in total. The lowest BCUT2D eigenvalue weighted by molar-refractivity contribution is -0.384. The van der Waals surface area contributed by atoms with Crippen molar-refractivity contribution in [3.05, 3.63) is 68.8 Å². The van der Waals surface area contributed by atoms with Crippen molar-refractivity contribution < 1.29 is 14.5 Å². The summed E-state index contributed by atoms with van der Waals surface area (Å²) >= 11 is 0. The molecule has 0 radical (unpaired) electrons. The minimum atomic E-state index is -0.528. The number of hydrogen-bond acceptors (Lipinski definition) is 4. The van der Waals surface area contributed by atoms with Crippen LogP contribution < -0.4 is 5.32 Å². The summed E-state index contributed by atoms with van der Waals surface area (Å²) in [4.78, 5) is 22.6. The maximum absolute atomic E-state index is 12.3. The maximum Gasteiger partial charge on any atom is 0.412 e. The Bertz CT molecular complexity index is 876. The molecule has 0 bridgehead atoms. The van der Waals surface area contributed by atoms with Gasteiger partial charge in [-0.05, 0) is 79.3 Å². The lowest BCUT2D eigenvalue weighted by atomic mass is 9.82. The molecule has 2 aromatic carbocycles.